The molecular weight excluding hydrogens is 452 g/mol. The molecule has 2 bridgehead atoms. The number of allylic oxidation sites excluding steroid dienone is 1. The predicted octanol–water partition coefficient (Wildman–Crippen LogP) is 2.57. The smallest absolute Gasteiger partial charge is 0.293 e. The second-order valence-corrected chi connectivity index (χ2v) is 11.8. The fraction of sp³-hybridized carbons (Fsp3) is 0.741. The van der Waals surface area contributed by atoms with E-state index in [0.717, 1.165) is 5.57 Å². The molecule has 0 aromatic rings. The van der Waals surface area contributed by atoms with Crippen molar-refractivity contribution < 1.29 is 38.8 Å². The van der Waals surface area contributed by atoms with Gasteiger partial charge < -0.3 is 24.4 Å². The molecule has 4 rings (SSSR count). The third kappa shape index (κ3) is 3.02. The molecule has 2 fully saturated rings. The number of ether oxygens (including phenoxy) is 3. The Kier molecular flexibility index (Phi) is 6.04. The van der Waals surface area contributed by atoms with Crippen molar-refractivity contribution in [2.45, 2.75) is 77.8 Å². The summed E-state index contributed by atoms with van der Waals surface area (Å²) < 4.78 is 16.5. The van der Waals surface area contributed by atoms with Crippen LogP contribution in [0.3, 0.4) is 0 Å². The van der Waals surface area contributed by atoms with Crippen molar-refractivity contribution in [3.63, 3.8) is 0 Å². The summed E-state index contributed by atoms with van der Waals surface area (Å²) in [6.07, 6.45) is 2.39. The molecule has 194 valence electrons. The van der Waals surface area contributed by atoms with E-state index in [1.807, 2.05) is 40.7 Å². The molecule has 3 unspecified atom stereocenters. The summed E-state index contributed by atoms with van der Waals surface area (Å²) >= 11 is 0. The van der Waals surface area contributed by atoms with Crippen LogP contribution in [0.2, 0.25) is 0 Å². The van der Waals surface area contributed by atoms with Gasteiger partial charge in [-0.15, -0.1) is 0 Å². The predicted molar refractivity (Wildman–Crippen MR) is 126 cm³/mol. The molecule has 35 heavy (non-hydrogen) atoms. The highest BCUT2D eigenvalue weighted by atomic mass is 16.6. The SMILES string of the molecule is COC1=C[C@@H]2C(=O)[C@]3(C=C(C)[C@H](CC(C)C(C)OC=O)[C@@]3(O)[C@@H]1O)[C@H](C)C[C@@]1(OC=O)C2C1(C)C. The van der Waals surface area contributed by atoms with Crippen molar-refractivity contribution in [1.82, 2.24) is 0 Å². The summed E-state index contributed by atoms with van der Waals surface area (Å²) in [5.41, 5.74) is -3.80. The summed E-state index contributed by atoms with van der Waals surface area (Å²) in [6.45, 7) is 12.3. The third-order valence-corrected chi connectivity index (χ3v) is 10.1. The molecule has 2 saturated carbocycles. The number of hydrogen-bond donors (Lipinski definition) is 2. The zero-order valence-electron chi connectivity index (χ0n) is 21.6. The van der Waals surface area contributed by atoms with Crippen LogP contribution >= 0.6 is 0 Å². The molecule has 1 spiro atoms. The molecule has 4 aliphatic rings. The van der Waals surface area contributed by atoms with Crippen molar-refractivity contribution in [1.29, 1.82) is 0 Å². The number of ketones is 1. The molecule has 8 nitrogen and oxygen atoms in total. The van der Waals surface area contributed by atoms with Crippen molar-refractivity contribution in [3.8, 4) is 0 Å². The first-order chi connectivity index (χ1) is 16.3. The van der Waals surface area contributed by atoms with E-state index < -0.39 is 52.0 Å². The van der Waals surface area contributed by atoms with Crippen LogP contribution < -0.4 is 0 Å². The number of carbonyl (C=O) groups excluding carboxylic acids is 3. The van der Waals surface area contributed by atoms with Gasteiger partial charge in [0.1, 0.15) is 29.2 Å². The monoisotopic (exact) mass is 490 g/mol. The number of methoxy groups -OCH3 is 1. The number of hydrogen-bond acceptors (Lipinski definition) is 8. The number of rotatable bonds is 8. The van der Waals surface area contributed by atoms with Crippen molar-refractivity contribution in [3.05, 3.63) is 23.5 Å². The van der Waals surface area contributed by atoms with Gasteiger partial charge in [-0.25, -0.2) is 0 Å². The maximum Gasteiger partial charge on any atom is 0.293 e. The van der Waals surface area contributed by atoms with Gasteiger partial charge in [-0.3, -0.25) is 14.4 Å². The lowest BCUT2D eigenvalue weighted by molar-refractivity contribution is -0.185. The summed E-state index contributed by atoms with van der Waals surface area (Å²) in [4.78, 5) is 37.0. The van der Waals surface area contributed by atoms with Crippen LogP contribution in [0.5, 0.6) is 0 Å². The molecule has 4 aliphatic carbocycles. The zero-order valence-corrected chi connectivity index (χ0v) is 21.6. The highest BCUT2D eigenvalue weighted by molar-refractivity contribution is 5.95. The summed E-state index contributed by atoms with van der Waals surface area (Å²) in [5, 5.41) is 24.3. The minimum atomic E-state index is -1.89. The molecular formula is C27H38O8. The number of fused-ring (bicyclic) bond motifs is 3. The minimum absolute atomic E-state index is 0.141. The lowest BCUT2D eigenvalue weighted by Crippen LogP contribution is -2.63. The van der Waals surface area contributed by atoms with E-state index in [4.69, 9.17) is 14.2 Å². The van der Waals surface area contributed by atoms with Gasteiger partial charge in [0.15, 0.2) is 5.78 Å². The van der Waals surface area contributed by atoms with E-state index in [-0.39, 0.29) is 23.4 Å². The van der Waals surface area contributed by atoms with Crippen LogP contribution in [0.25, 0.3) is 0 Å². The minimum Gasteiger partial charge on any atom is -0.499 e. The Labute approximate surface area is 206 Å². The van der Waals surface area contributed by atoms with Gasteiger partial charge in [-0.2, -0.15) is 0 Å². The molecule has 8 heteroatoms. The fourth-order valence-corrected chi connectivity index (χ4v) is 8.05. The fourth-order valence-electron chi connectivity index (χ4n) is 8.05. The van der Waals surface area contributed by atoms with Crippen LogP contribution in [-0.2, 0) is 28.6 Å². The van der Waals surface area contributed by atoms with Crippen LogP contribution in [0, 0.1) is 40.4 Å². The molecule has 0 aliphatic heterocycles. The standard InChI is InChI=1S/C27H38O8/c1-14(17(4)34-12-28)8-19-15(2)10-25-16(3)11-26(35-13-29)21(24(26,5)6)18(22(25)30)9-20(33-7)23(31)27(19,25)32/h9-10,12-14,16-19,21,23,31-32H,8,11H2,1-7H3/t14?,16-,17?,18+,19+,21?,23-,25+,26-,27-/m1/s1. The van der Waals surface area contributed by atoms with Crippen molar-refractivity contribution in [2.24, 2.45) is 40.4 Å². The molecule has 0 saturated heterocycles. The molecule has 0 aromatic heterocycles. The molecule has 0 radical (unpaired) electrons. The number of aliphatic hydroxyl groups is 2. The maximum atomic E-state index is 14.5. The Balaban J connectivity index is 1.90. The largest absolute Gasteiger partial charge is 0.499 e. The first kappa shape index (κ1) is 25.9. The van der Waals surface area contributed by atoms with Gasteiger partial charge in [0.05, 0.1) is 12.5 Å². The summed E-state index contributed by atoms with van der Waals surface area (Å²) in [6, 6.07) is 0. The second kappa shape index (κ2) is 8.17. The van der Waals surface area contributed by atoms with Crippen LogP contribution in [0.4, 0.5) is 0 Å². The maximum absolute atomic E-state index is 14.5. The van der Waals surface area contributed by atoms with Gasteiger partial charge in [-0.05, 0) is 44.6 Å². The van der Waals surface area contributed by atoms with Crippen molar-refractivity contribution in [2.75, 3.05) is 7.11 Å². The average molecular weight is 491 g/mol. The molecule has 0 heterocycles. The lowest BCUT2D eigenvalue weighted by Gasteiger charge is -2.50. The molecule has 0 amide bonds. The number of Topliss-reactive ketones (excluding diaryl/α,β-unsaturated/α-hetero) is 1. The first-order valence-corrected chi connectivity index (χ1v) is 12.4. The third-order valence-electron chi connectivity index (χ3n) is 10.1. The summed E-state index contributed by atoms with van der Waals surface area (Å²) in [5.74, 6) is -2.22. The van der Waals surface area contributed by atoms with E-state index in [0.29, 0.717) is 25.8 Å². The highest BCUT2D eigenvalue weighted by Crippen LogP contribution is 2.75. The van der Waals surface area contributed by atoms with Crippen LogP contribution in [-0.4, -0.2) is 59.5 Å². The van der Waals surface area contributed by atoms with Gasteiger partial charge in [0, 0.05) is 23.2 Å². The highest BCUT2D eigenvalue weighted by Gasteiger charge is 2.83. The Bertz CT molecular complexity index is 984. The van der Waals surface area contributed by atoms with E-state index in [1.165, 1.54) is 7.11 Å². The molecule has 2 N–H and O–H groups in total. The zero-order chi connectivity index (χ0) is 26.1. The Hall–Kier alpha value is -2.19. The van der Waals surface area contributed by atoms with E-state index >= 15 is 0 Å². The average Bonchev–Trinajstić information content (AvgIpc) is 3.20. The van der Waals surface area contributed by atoms with Crippen LogP contribution in [0.15, 0.2) is 23.5 Å². The van der Waals surface area contributed by atoms with Crippen molar-refractivity contribution >= 4 is 18.7 Å². The van der Waals surface area contributed by atoms with Gasteiger partial charge in [0.2, 0.25) is 0 Å². The molecule has 10 atom stereocenters. The first-order valence-electron chi connectivity index (χ1n) is 12.4. The summed E-state index contributed by atoms with van der Waals surface area (Å²) in [7, 11) is 1.42. The Morgan fingerprint density at radius 1 is 1.23 bits per heavy atom. The van der Waals surface area contributed by atoms with E-state index in [9.17, 15) is 24.6 Å². The quantitative estimate of drug-likeness (QED) is 0.394. The van der Waals surface area contributed by atoms with Crippen LogP contribution in [0.1, 0.15) is 54.4 Å². The second-order valence-electron chi connectivity index (χ2n) is 11.8. The topological polar surface area (TPSA) is 119 Å². The number of aliphatic hydroxyl groups excluding tert-OH is 1. The number of carbonyl (C=O) groups is 3. The Morgan fingerprint density at radius 2 is 1.89 bits per heavy atom. The molecule has 0 aromatic carbocycles. The van der Waals surface area contributed by atoms with Gasteiger partial charge in [0.25, 0.3) is 12.9 Å². The lowest BCUT2D eigenvalue weighted by atomic mass is 9.57. The van der Waals surface area contributed by atoms with E-state index in [2.05, 4.69) is 0 Å². The normalized spacial score (nSPS) is 44.8. The van der Waals surface area contributed by atoms with Gasteiger partial charge in [-0.1, -0.05) is 39.3 Å². The van der Waals surface area contributed by atoms with E-state index in [1.54, 1.807) is 13.0 Å². The van der Waals surface area contributed by atoms with Gasteiger partial charge >= 0.3 is 0 Å². The Morgan fingerprint density at radius 3 is 2.46 bits per heavy atom.